The van der Waals surface area contributed by atoms with Gasteiger partial charge in [-0.3, -0.25) is 0 Å². The first-order chi connectivity index (χ1) is 6.18. The van der Waals surface area contributed by atoms with Crippen molar-refractivity contribution >= 4 is 11.6 Å². The number of aryl methyl sites for hydroxylation is 1. The number of nitriles is 1. The van der Waals surface area contributed by atoms with Crippen LogP contribution in [-0.4, -0.2) is 0 Å². The van der Waals surface area contributed by atoms with Gasteiger partial charge in [0.25, 0.3) is 0 Å². The number of hydrogen-bond acceptors (Lipinski definition) is 1. The number of benzene rings is 1. The second-order valence-electron chi connectivity index (χ2n) is 3.65. The molecular formula is C11H10ClN. The summed E-state index contributed by atoms with van der Waals surface area (Å²) in [6.07, 6.45) is 1.95. The minimum Gasteiger partial charge on any atom is -0.197 e. The van der Waals surface area contributed by atoms with E-state index in [0.717, 1.165) is 23.4 Å². The van der Waals surface area contributed by atoms with Gasteiger partial charge in [0.2, 0.25) is 0 Å². The summed E-state index contributed by atoms with van der Waals surface area (Å²) in [4.78, 5) is 0. The average Bonchev–Trinajstić information content (AvgIpc) is 2.90. The van der Waals surface area contributed by atoms with Gasteiger partial charge >= 0.3 is 0 Å². The standard InChI is InChI=1S/C11H10ClN/c1-8-2-3-9(12)6-10(8)11(7-13)4-5-11/h2-3,6H,4-5H2,1H3. The van der Waals surface area contributed by atoms with E-state index in [0.29, 0.717) is 0 Å². The summed E-state index contributed by atoms with van der Waals surface area (Å²) in [7, 11) is 0. The molecule has 1 nitrogen and oxygen atoms in total. The Balaban J connectivity index is 2.52. The third-order valence-corrected chi connectivity index (χ3v) is 2.91. The van der Waals surface area contributed by atoms with Crippen LogP contribution in [0.3, 0.4) is 0 Å². The number of halogens is 1. The van der Waals surface area contributed by atoms with Crippen LogP contribution >= 0.6 is 11.6 Å². The zero-order valence-electron chi connectivity index (χ0n) is 7.47. The molecule has 0 unspecified atom stereocenters. The van der Waals surface area contributed by atoms with E-state index < -0.39 is 0 Å². The van der Waals surface area contributed by atoms with Crippen molar-refractivity contribution in [2.24, 2.45) is 0 Å². The molecule has 0 heterocycles. The maximum absolute atomic E-state index is 9.03. The molecule has 1 aromatic carbocycles. The summed E-state index contributed by atoms with van der Waals surface area (Å²) in [5.41, 5.74) is 2.07. The van der Waals surface area contributed by atoms with E-state index in [1.165, 1.54) is 5.56 Å². The molecule has 1 aromatic rings. The lowest BCUT2D eigenvalue weighted by atomic mass is 9.93. The summed E-state index contributed by atoms with van der Waals surface area (Å²) in [6, 6.07) is 8.15. The van der Waals surface area contributed by atoms with Crippen molar-refractivity contribution < 1.29 is 0 Å². The Hall–Kier alpha value is -1.00. The van der Waals surface area contributed by atoms with Crippen LogP contribution in [0.25, 0.3) is 0 Å². The Bertz CT molecular complexity index is 386. The van der Waals surface area contributed by atoms with E-state index in [9.17, 15) is 0 Å². The molecule has 0 bridgehead atoms. The molecule has 1 aliphatic rings. The fourth-order valence-corrected chi connectivity index (χ4v) is 1.85. The van der Waals surface area contributed by atoms with E-state index >= 15 is 0 Å². The van der Waals surface area contributed by atoms with Crippen LogP contribution in [0.5, 0.6) is 0 Å². The van der Waals surface area contributed by atoms with Crippen molar-refractivity contribution in [3.8, 4) is 6.07 Å². The van der Waals surface area contributed by atoms with E-state index in [-0.39, 0.29) is 5.41 Å². The van der Waals surface area contributed by atoms with Crippen LogP contribution in [-0.2, 0) is 5.41 Å². The van der Waals surface area contributed by atoms with E-state index in [1.807, 2.05) is 25.1 Å². The van der Waals surface area contributed by atoms with E-state index in [2.05, 4.69) is 6.07 Å². The zero-order valence-corrected chi connectivity index (χ0v) is 8.23. The largest absolute Gasteiger partial charge is 0.197 e. The van der Waals surface area contributed by atoms with Gasteiger partial charge in [-0.05, 0) is 43.0 Å². The average molecular weight is 192 g/mol. The quantitative estimate of drug-likeness (QED) is 0.669. The van der Waals surface area contributed by atoms with Crippen LogP contribution in [0.15, 0.2) is 18.2 Å². The highest BCUT2D eigenvalue weighted by atomic mass is 35.5. The van der Waals surface area contributed by atoms with Gasteiger partial charge in [0, 0.05) is 5.02 Å². The first kappa shape index (κ1) is 8.59. The first-order valence-electron chi connectivity index (χ1n) is 4.36. The highest BCUT2D eigenvalue weighted by molar-refractivity contribution is 6.30. The minimum atomic E-state index is -0.213. The summed E-state index contributed by atoms with van der Waals surface area (Å²) >= 11 is 5.90. The number of nitrogens with zero attached hydrogens (tertiary/aromatic N) is 1. The van der Waals surface area contributed by atoms with Gasteiger partial charge in [-0.15, -0.1) is 0 Å². The molecule has 0 spiro atoms. The van der Waals surface area contributed by atoms with Gasteiger partial charge in [-0.1, -0.05) is 17.7 Å². The van der Waals surface area contributed by atoms with Gasteiger partial charge in [0.1, 0.15) is 0 Å². The van der Waals surface area contributed by atoms with Crippen LogP contribution in [0, 0.1) is 18.3 Å². The third-order valence-electron chi connectivity index (χ3n) is 2.68. The molecule has 0 N–H and O–H groups in total. The predicted octanol–water partition coefficient (Wildman–Crippen LogP) is 3.20. The predicted molar refractivity (Wildman–Crippen MR) is 52.7 cm³/mol. The molecule has 2 rings (SSSR count). The molecule has 1 fully saturated rings. The molecule has 0 atom stereocenters. The van der Waals surface area contributed by atoms with Gasteiger partial charge < -0.3 is 0 Å². The van der Waals surface area contributed by atoms with Crippen molar-refractivity contribution in [1.82, 2.24) is 0 Å². The van der Waals surface area contributed by atoms with E-state index in [4.69, 9.17) is 16.9 Å². The maximum atomic E-state index is 9.03. The van der Waals surface area contributed by atoms with Gasteiger partial charge in [-0.2, -0.15) is 5.26 Å². The maximum Gasteiger partial charge on any atom is 0.0826 e. The monoisotopic (exact) mass is 191 g/mol. The first-order valence-corrected chi connectivity index (χ1v) is 4.74. The molecule has 1 aliphatic carbocycles. The van der Waals surface area contributed by atoms with Gasteiger partial charge in [0.05, 0.1) is 11.5 Å². The molecular weight excluding hydrogens is 182 g/mol. The summed E-state index contributed by atoms with van der Waals surface area (Å²) in [6.45, 7) is 2.03. The molecule has 1 saturated carbocycles. The smallest absolute Gasteiger partial charge is 0.0826 e. The Morgan fingerprint density at radius 3 is 2.69 bits per heavy atom. The molecule has 66 valence electrons. The molecule has 0 radical (unpaired) electrons. The summed E-state index contributed by atoms with van der Waals surface area (Å²) in [5, 5.41) is 9.76. The van der Waals surface area contributed by atoms with Crippen molar-refractivity contribution in [2.45, 2.75) is 25.2 Å². The lowest BCUT2D eigenvalue weighted by molar-refractivity contribution is 0.895. The van der Waals surface area contributed by atoms with Gasteiger partial charge in [0.15, 0.2) is 0 Å². The molecule has 0 saturated heterocycles. The Labute approximate surface area is 82.9 Å². The van der Waals surface area contributed by atoms with Crippen LogP contribution < -0.4 is 0 Å². The molecule has 13 heavy (non-hydrogen) atoms. The van der Waals surface area contributed by atoms with E-state index in [1.54, 1.807) is 0 Å². The van der Waals surface area contributed by atoms with Crippen LogP contribution in [0.4, 0.5) is 0 Å². The van der Waals surface area contributed by atoms with Crippen molar-refractivity contribution in [2.75, 3.05) is 0 Å². The summed E-state index contributed by atoms with van der Waals surface area (Å²) < 4.78 is 0. The second-order valence-corrected chi connectivity index (χ2v) is 4.09. The normalized spacial score (nSPS) is 17.9. The molecule has 2 heteroatoms. The van der Waals surface area contributed by atoms with Crippen LogP contribution in [0.2, 0.25) is 5.02 Å². The molecule has 0 amide bonds. The minimum absolute atomic E-state index is 0.213. The Kier molecular flexibility index (Phi) is 1.82. The third kappa shape index (κ3) is 1.32. The zero-order chi connectivity index (χ0) is 9.47. The van der Waals surface area contributed by atoms with Gasteiger partial charge in [-0.25, -0.2) is 0 Å². The highest BCUT2D eigenvalue weighted by Crippen LogP contribution is 2.49. The fourth-order valence-electron chi connectivity index (χ4n) is 1.68. The Morgan fingerprint density at radius 2 is 2.15 bits per heavy atom. The van der Waals surface area contributed by atoms with Crippen molar-refractivity contribution in [3.63, 3.8) is 0 Å². The van der Waals surface area contributed by atoms with Crippen LogP contribution in [0.1, 0.15) is 24.0 Å². The van der Waals surface area contributed by atoms with Crippen molar-refractivity contribution in [3.05, 3.63) is 34.3 Å². The highest BCUT2D eigenvalue weighted by Gasteiger charge is 2.45. The number of hydrogen-bond donors (Lipinski definition) is 0. The summed E-state index contributed by atoms with van der Waals surface area (Å²) in [5.74, 6) is 0. The fraction of sp³-hybridized carbons (Fsp3) is 0.364. The second kappa shape index (κ2) is 2.75. The SMILES string of the molecule is Cc1ccc(Cl)cc1C1(C#N)CC1. The topological polar surface area (TPSA) is 23.8 Å². The number of rotatable bonds is 1. The lowest BCUT2D eigenvalue weighted by Crippen LogP contribution is -2.04. The van der Waals surface area contributed by atoms with Crippen molar-refractivity contribution in [1.29, 1.82) is 5.26 Å². The lowest BCUT2D eigenvalue weighted by Gasteiger charge is -2.09. The Morgan fingerprint density at radius 1 is 1.46 bits per heavy atom. The molecule has 0 aromatic heterocycles. The molecule has 0 aliphatic heterocycles.